The van der Waals surface area contributed by atoms with Crippen molar-refractivity contribution in [3.05, 3.63) is 29.8 Å². The lowest BCUT2D eigenvalue weighted by Crippen LogP contribution is -2.36. The Bertz CT molecular complexity index is 570. The second-order valence-electron chi connectivity index (χ2n) is 6.94. The number of hydrogen-bond donors (Lipinski definition) is 1. The maximum atomic E-state index is 12.0. The van der Waals surface area contributed by atoms with Crippen LogP contribution in [0.3, 0.4) is 0 Å². The van der Waals surface area contributed by atoms with Crippen molar-refractivity contribution in [1.29, 1.82) is 0 Å². The van der Waals surface area contributed by atoms with Crippen LogP contribution in [0, 0.1) is 0 Å². The van der Waals surface area contributed by atoms with Crippen molar-refractivity contribution in [3.8, 4) is 0 Å². The zero-order chi connectivity index (χ0) is 19.0. The average Bonchev–Trinajstić information content (AvgIpc) is 2.56. The molecule has 0 saturated carbocycles. The lowest BCUT2D eigenvalue weighted by molar-refractivity contribution is 0.103. The summed E-state index contributed by atoms with van der Waals surface area (Å²) >= 11 is 1.15. The molecule has 0 bridgehead atoms. The number of likely N-dealkylation sites (N-methyl/N-ethyl adjacent to an activating group) is 2. The van der Waals surface area contributed by atoms with Crippen molar-refractivity contribution >= 4 is 28.8 Å². The predicted molar refractivity (Wildman–Crippen MR) is 104 cm³/mol. The molecular formula is C18H29N3O3S. The molecule has 140 valence electrons. The van der Waals surface area contributed by atoms with Gasteiger partial charge in [0.05, 0.1) is 0 Å². The van der Waals surface area contributed by atoms with Gasteiger partial charge in [-0.2, -0.15) is 0 Å². The molecule has 0 aromatic heterocycles. The number of thioether (sulfide) groups is 1. The monoisotopic (exact) mass is 367 g/mol. The van der Waals surface area contributed by atoms with E-state index in [1.165, 1.54) is 4.90 Å². The van der Waals surface area contributed by atoms with Crippen LogP contribution in [0.2, 0.25) is 0 Å². The smallest absolute Gasteiger partial charge is 0.409 e. The van der Waals surface area contributed by atoms with E-state index >= 15 is 0 Å². The summed E-state index contributed by atoms with van der Waals surface area (Å²) in [5.41, 5.74) is 1.96. The van der Waals surface area contributed by atoms with Gasteiger partial charge in [0, 0.05) is 38.4 Å². The second kappa shape index (κ2) is 9.56. The second-order valence-corrected chi connectivity index (χ2v) is 7.70. The zero-order valence-electron chi connectivity index (χ0n) is 16.0. The highest BCUT2D eigenvalue weighted by Crippen LogP contribution is 2.16. The van der Waals surface area contributed by atoms with E-state index < -0.39 is 6.09 Å². The van der Waals surface area contributed by atoms with Gasteiger partial charge in [0.15, 0.2) is 0 Å². The van der Waals surface area contributed by atoms with Crippen LogP contribution in [0.25, 0.3) is 0 Å². The van der Waals surface area contributed by atoms with Crippen molar-refractivity contribution in [3.63, 3.8) is 0 Å². The number of rotatable bonds is 6. The van der Waals surface area contributed by atoms with Gasteiger partial charge in [0.2, 0.25) is 0 Å². The normalized spacial score (nSPS) is 11.0. The molecule has 0 aliphatic carbocycles. The molecule has 0 aliphatic rings. The quantitative estimate of drug-likeness (QED) is 0.827. The minimum atomic E-state index is -0.401. The zero-order valence-corrected chi connectivity index (χ0v) is 16.8. The number of ether oxygens (including phenoxy) is 1. The van der Waals surface area contributed by atoms with E-state index in [0.717, 1.165) is 23.0 Å². The molecule has 0 atom stereocenters. The van der Waals surface area contributed by atoms with E-state index in [1.807, 2.05) is 24.3 Å². The first-order valence-electron chi connectivity index (χ1n) is 8.16. The number of nitrogens with zero attached hydrogens (tertiary/aromatic N) is 2. The summed E-state index contributed by atoms with van der Waals surface area (Å²) in [7, 11) is 3.38. The summed E-state index contributed by atoms with van der Waals surface area (Å²) < 4.78 is 5.31. The molecule has 2 amide bonds. The summed E-state index contributed by atoms with van der Waals surface area (Å²) in [6.45, 7) is 7.42. The highest BCUT2D eigenvalue weighted by Gasteiger charge is 2.13. The van der Waals surface area contributed by atoms with Gasteiger partial charge in [-0.15, -0.1) is 0 Å². The number of hydrogen-bond acceptors (Lipinski definition) is 5. The molecular weight excluding hydrogens is 338 g/mol. The molecule has 0 heterocycles. The van der Waals surface area contributed by atoms with Crippen molar-refractivity contribution in [2.45, 2.75) is 32.9 Å². The van der Waals surface area contributed by atoms with Gasteiger partial charge in [-0.1, -0.05) is 23.9 Å². The van der Waals surface area contributed by atoms with E-state index in [0.29, 0.717) is 13.1 Å². The molecule has 1 rings (SSSR count). The maximum Gasteiger partial charge on any atom is 0.409 e. The lowest BCUT2D eigenvalue weighted by atomic mass is 10.1. The average molecular weight is 368 g/mol. The Balaban J connectivity index is 2.41. The molecule has 1 aromatic rings. The van der Waals surface area contributed by atoms with Gasteiger partial charge in [-0.3, -0.25) is 4.79 Å². The van der Waals surface area contributed by atoms with Crippen molar-refractivity contribution < 1.29 is 14.3 Å². The third-order valence-electron chi connectivity index (χ3n) is 3.40. The molecule has 6 nitrogen and oxygen atoms in total. The van der Waals surface area contributed by atoms with Crippen LogP contribution in [0.1, 0.15) is 26.3 Å². The Morgan fingerprint density at radius 1 is 1.08 bits per heavy atom. The molecule has 25 heavy (non-hydrogen) atoms. The van der Waals surface area contributed by atoms with Gasteiger partial charge in [-0.25, -0.2) is 4.79 Å². The summed E-state index contributed by atoms with van der Waals surface area (Å²) in [5.74, 6) is 0. The Morgan fingerprint density at radius 2 is 1.64 bits per heavy atom. The molecule has 0 aliphatic heterocycles. The summed E-state index contributed by atoms with van der Waals surface area (Å²) in [6.07, 6.45) is 1.33. The Hall–Kier alpha value is -1.89. The number of carbonyl (C=O) groups is 2. The largest absolute Gasteiger partial charge is 0.445 e. The third-order valence-corrected chi connectivity index (χ3v) is 4.07. The molecule has 1 N–H and O–H groups in total. The standard InChI is InChI=1S/C18H29N3O3S/c1-18(2,3)19-15-9-7-14(8-10-15)13-24-16(22)20(4)11-12-21(5)17(23)25-6/h7-10,19H,11-13H2,1-6H3. The van der Waals surface area contributed by atoms with E-state index in [1.54, 1.807) is 25.3 Å². The lowest BCUT2D eigenvalue weighted by Gasteiger charge is -2.22. The van der Waals surface area contributed by atoms with Crippen LogP contribution in [-0.4, -0.2) is 60.1 Å². The molecule has 0 unspecified atom stereocenters. The van der Waals surface area contributed by atoms with Crippen LogP contribution in [-0.2, 0) is 11.3 Å². The van der Waals surface area contributed by atoms with Crippen molar-refractivity contribution in [1.82, 2.24) is 9.80 Å². The van der Waals surface area contributed by atoms with E-state index in [-0.39, 0.29) is 17.4 Å². The number of anilines is 1. The SMILES string of the molecule is CSC(=O)N(C)CCN(C)C(=O)OCc1ccc(NC(C)(C)C)cc1. The Morgan fingerprint density at radius 3 is 2.16 bits per heavy atom. The molecule has 0 spiro atoms. The molecule has 0 saturated heterocycles. The van der Waals surface area contributed by atoms with E-state index in [2.05, 4.69) is 26.1 Å². The van der Waals surface area contributed by atoms with Crippen molar-refractivity contribution in [2.24, 2.45) is 0 Å². The topological polar surface area (TPSA) is 61.9 Å². The predicted octanol–water partition coefficient (Wildman–Crippen LogP) is 3.88. The minimum absolute atomic E-state index is 0.00151. The summed E-state index contributed by atoms with van der Waals surface area (Å²) in [6, 6.07) is 7.82. The number of amides is 2. The van der Waals surface area contributed by atoms with E-state index in [9.17, 15) is 9.59 Å². The highest BCUT2D eigenvalue weighted by atomic mass is 32.2. The fraction of sp³-hybridized carbons (Fsp3) is 0.556. The summed E-state index contributed by atoms with van der Waals surface area (Å²) in [5, 5.41) is 3.36. The number of nitrogens with one attached hydrogen (secondary N) is 1. The van der Waals surface area contributed by atoms with Crippen molar-refractivity contribution in [2.75, 3.05) is 38.8 Å². The van der Waals surface area contributed by atoms with Crippen LogP contribution >= 0.6 is 11.8 Å². The first-order chi connectivity index (χ1) is 11.6. The van der Waals surface area contributed by atoms with E-state index in [4.69, 9.17) is 4.74 Å². The Kier molecular flexibility index (Phi) is 8.09. The molecule has 1 aromatic carbocycles. The van der Waals surface area contributed by atoms with Crippen LogP contribution in [0.4, 0.5) is 15.3 Å². The van der Waals surface area contributed by atoms with Gasteiger partial charge in [0.25, 0.3) is 5.24 Å². The fourth-order valence-corrected chi connectivity index (χ4v) is 2.41. The number of benzene rings is 1. The summed E-state index contributed by atoms with van der Waals surface area (Å²) in [4.78, 5) is 26.5. The first-order valence-corrected chi connectivity index (χ1v) is 9.39. The fourth-order valence-electron chi connectivity index (χ4n) is 2.01. The molecule has 0 fully saturated rings. The van der Waals surface area contributed by atoms with Gasteiger partial charge < -0.3 is 19.9 Å². The molecule has 7 heteroatoms. The van der Waals surface area contributed by atoms with Gasteiger partial charge >= 0.3 is 6.09 Å². The first kappa shape index (κ1) is 21.2. The highest BCUT2D eigenvalue weighted by molar-refractivity contribution is 8.12. The third kappa shape index (κ3) is 8.16. The van der Waals surface area contributed by atoms with Crippen LogP contribution in [0.5, 0.6) is 0 Å². The van der Waals surface area contributed by atoms with Crippen LogP contribution < -0.4 is 5.32 Å². The minimum Gasteiger partial charge on any atom is -0.445 e. The molecule has 0 radical (unpaired) electrons. The maximum absolute atomic E-state index is 12.0. The number of carbonyl (C=O) groups excluding carboxylic acids is 2. The van der Waals surface area contributed by atoms with Gasteiger partial charge in [0.1, 0.15) is 6.61 Å². The van der Waals surface area contributed by atoms with Gasteiger partial charge in [-0.05, 0) is 44.7 Å². The van der Waals surface area contributed by atoms with Crippen LogP contribution in [0.15, 0.2) is 24.3 Å². The Labute approximate surface area is 154 Å².